The maximum absolute atomic E-state index is 12.7. The fourth-order valence-corrected chi connectivity index (χ4v) is 5.51. The van der Waals surface area contributed by atoms with E-state index in [1.165, 1.54) is 4.90 Å². The molecule has 0 aromatic carbocycles. The van der Waals surface area contributed by atoms with Gasteiger partial charge in [-0.15, -0.1) is 11.3 Å². The number of guanidine groups is 1. The van der Waals surface area contributed by atoms with Gasteiger partial charge in [0, 0.05) is 30.9 Å². The second kappa shape index (κ2) is 7.55. The molecule has 1 saturated heterocycles. The Morgan fingerprint density at radius 1 is 1.21 bits per heavy atom. The van der Waals surface area contributed by atoms with Gasteiger partial charge in [0.25, 0.3) is 0 Å². The zero-order chi connectivity index (χ0) is 20.8. The van der Waals surface area contributed by atoms with Crippen molar-refractivity contribution in [2.24, 2.45) is 28.7 Å². The Labute approximate surface area is 175 Å². The van der Waals surface area contributed by atoms with Crippen LogP contribution in [-0.4, -0.2) is 47.8 Å². The summed E-state index contributed by atoms with van der Waals surface area (Å²) in [6.07, 6.45) is 5.20. The van der Waals surface area contributed by atoms with E-state index in [9.17, 15) is 9.59 Å². The molecule has 2 fully saturated rings. The molecule has 8 heteroatoms. The molecule has 3 aliphatic rings. The molecule has 0 spiro atoms. The van der Waals surface area contributed by atoms with Crippen LogP contribution in [0.4, 0.5) is 0 Å². The summed E-state index contributed by atoms with van der Waals surface area (Å²) in [6, 6.07) is 0. The molecule has 1 saturated carbocycles. The highest BCUT2D eigenvalue weighted by Crippen LogP contribution is 2.52. The van der Waals surface area contributed by atoms with Crippen molar-refractivity contribution in [2.75, 3.05) is 20.1 Å². The quantitative estimate of drug-likeness (QED) is 0.332. The van der Waals surface area contributed by atoms with Gasteiger partial charge in [0.2, 0.25) is 11.8 Å². The van der Waals surface area contributed by atoms with Crippen LogP contribution < -0.4 is 10.6 Å². The topological polar surface area (TPSA) is 86.7 Å². The molecule has 2 amide bonds. The summed E-state index contributed by atoms with van der Waals surface area (Å²) in [5, 5.41) is 9.62. The van der Waals surface area contributed by atoms with Crippen molar-refractivity contribution in [3.05, 3.63) is 28.2 Å². The van der Waals surface area contributed by atoms with Crippen LogP contribution in [-0.2, 0) is 21.5 Å². The average molecular weight is 416 g/mol. The van der Waals surface area contributed by atoms with Gasteiger partial charge in [-0.2, -0.15) is 0 Å². The highest BCUT2D eigenvalue weighted by Gasteiger charge is 2.58. The molecule has 2 heterocycles. The minimum Gasteiger partial charge on any atom is -0.355 e. The molecule has 4 unspecified atom stereocenters. The van der Waals surface area contributed by atoms with Crippen LogP contribution in [0.15, 0.2) is 22.5 Å². The number of hydrogen-bond acceptors (Lipinski definition) is 5. The zero-order valence-electron chi connectivity index (χ0n) is 17.4. The van der Waals surface area contributed by atoms with Gasteiger partial charge in [-0.1, -0.05) is 32.9 Å². The first-order valence-corrected chi connectivity index (χ1v) is 11.1. The Kier molecular flexibility index (Phi) is 5.23. The van der Waals surface area contributed by atoms with E-state index < -0.39 is 0 Å². The second-order valence-corrected chi connectivity index (χ2v) is 9.93. The first-order valence-electron chi connectivity index (χ1n) is 10.2. The molecule has 0 radical (unpaired) electrons. The van der Waals surface area contributed by atoms with Crippen LogP contribution in [0, 0.1) is 23.7 Å². The second-order valence-electron chi connectivity index (χ2n) is 9.07. The van der Waals surface area contributed by atoms with Crippen molar-refractivity contribution in [2.45, 2.75) is 39.2 Å². The molecule has 2 N–H and O–H groups in total. The Bertz CT molecular complexity index is 839. The summed E-state index contributed by atoms with van der Waals surface area (Å²) in [5.74, 6) is 0.886. The van der Waals surface area contributed by atoms with Crippen LogP contribution in [0.3, 0.4) is 0 Å². The average Bonchev–Trinajstić information content (AvgIpc) is 3.43. The Morgan fingerprint density at radius 2 is 1.86 bits per heavy atom. The summed E-state index contributed by atoms with van der Waals surface area (Å²) < 4.78 is 0. The van der Waals surface area contributed by atoms with Crippen molar-refractivity contribution in [1.29, 1.82) is 0 Å². The maximum Gasteiger partial charge on any atom is 0.233 e. The van der Waals surface area contributed by atoms with E-state index in [-0.39, 0.29) is 40.9 Å². The third-order valence-corrected chi connectivity index (χ3v) is 7.36. The number of nitrogens with zero attached hydrogens (tertiary/aromatic N) is 3. The van der Waals surface area contributed by atoms with Gasteiger partial charge >= 0.3 is 0 Å². The number of imide groups is 1. The van der Waals surface area contributed by atoms with Gasteiger partial charge in [0.05, 0.1) is 29.1 Å². The fourth-order valence-electron chi connectivity index (χ4n) is 4.60. The molecule has 7 nitrogen and oxygen atoms in total. The van der Waals surface area contributed by atoms with E-state index in [0.717, 1.165) is 17.1 Å². The first-order chi connectivity index (χ1) is 13.8. The number of amides is 2. The number of allylic oxidation sites excluding steroid dienone is 2. The maximum atomic E-state index is 12.7. The number of nitrogens with one attached hydrogen (secondary N) is 2. The van der Waals surface area contributed by atoms with Crippen molar-refractivity contribution in [3.63, 3.8) is 0 Å². The highest BCUT2D eigenvalue weighted by atomic mass is 32.1. The Hall–Kier alpha value is -2.22. The summed E-state index contributed by atoms with van der Waals surface area (Å²) in [5.41, 5.74) is 1.02. The largest absolute Gasteiger partial charge is 0.355 e. The Balaban J connectivity index is 1.26. The lowest BCUT2D eigenvalue weighted by molar-refractivity contribution is -0.140. The number of rotatable bonds is 5. The lowest BCUT2D eigenvalue weighted by Crippen LogP contribution is -2.43. The number of aromatic nitrogens is 1. The number of carbonyl (C=O) groups excluding carboxylic acids is 2. The molecule has 2 aliphatic carbocycles. The third kappa shape index (κ3) is 3.70. The molecule has 4 rings (SSSR count). The molecule has 1 aromatic rings. The number of thiazole rings is 1. The van der Waals surface area contributed by atoms with Gasteiger partial charge in [-0.3, -0.25) is 19.5 Å². The lowest BCUT2D eigenvalue weighted by atomic mass is 9.85. The molecule has 4 atom stereocenters. The van der Waals surface area contributed by atoms with E-state index in [4.69, 9.17) is 0 Å². The van der Waals surface area contributed by atoms with Crippen LogP contribution >= 0.6 is 11.3 Å². The molecule has 2 bridgehead atoms. The zero-order valence-corrected chi connectivity index (χ0v) is 18.3. The third-order valence-electron chi connectivity index (χ3n) is 6.04. The van der Waals surface area contributed by atoms with Crippen molar-refractivity contribution < 1.29 is 9.59 Å². The van der Waals surface area contributed by atoms with Crippen LogP contribution in [0.25, 0.3) is 0 Å². The van der Waals surface area contributed by atoms with Crippen LogP contribution in [0.2, 0.25) is 0 Å². The summed E-state index contributed by atoms with van der Waals surface area (Å²) >= 11 is 1.67. The van der Waals surface area contributed by atoms with Gasteiger partial charge in [-0.05, 0) is 18.3 Å². The summed E-state index contributed by atoms with van der Waals surface area (Å²) in [6.45, 7) is 7.88. The standard InChI is InChI=1S/C21H29N5O2S/c1-21(2,3)19-25-14(11-29-19)10-24-20(22-4)23-7-8-26-17(27)15-12-5-6-13(9-12)16(15)18(26)28/h5-6,11-13,15-16H,7-10H2,1-4H3,(H2,22,23,24). The van der Waals surface area contributed by atoms with Gasteiger partial charge in [0.15, 0.2) is 5.96 Å². The lowest BCUT2D eigenvalue weighted by Gasteiger charge is -2.18. The number of likely N-dealkylation sites (tertiary alicyclic amines) is 1. The van der Waals surface area contributed by atoms with Crippen LogP contribution in [0.5, 0.6) is 0 Å². The van der Waals surface area contributed by atoms with E-state index in [1.807, 2.05) is 0 Å². The first kappa shape index (κ1) is 20.1. The Morgan fingerprint density at radius 3 is 2.41 bits per heavy atom. The monoisotopic (exact) mass is 415 g/mol. The predicted molar refractivity (Wildman–Crippen MR) is 113 cm³/mol. The van der Waals surface area contributed by atoms with E-state index in [0.29, 0.717) is 25.6 Å². The normalized spacial score (nSPS) is 28.4. The molecular weight excluding hydrogens is 386 g/mol. The van der Waals surface area contributed by atoms with Crippen molar-refractivity contribution in [3.8, 4) is 0 Å². The summed E-state index contributed by atoms with van der Waals surface area (Å²) in [4.78, 5) is 35.8. The van der Waals surface area contributed by atoms with E-state index in [2.05, 4.69) is 58.9 Å². The van der Waals surface area contributed by atoms with Gasteiger partial charge in [-0.25, -0.2) is 4.98 Å². The van der Waals surface area contributed by atoms with Crippen molar-refractivity contribution in [1.82, 2.24) is 20.5 Å². The fraction of sp³-hybridized carbons (Fsp3) is 0.619. The smallest absolute Gasteiger partial charge is 0.233 e. The molecule has 29 heavy (non-hydrogen) atoms. The van der Waals surface area contributed by atoms with E-state index in [1.54, 1.807) is 18.4 Å². The molecular formula is C21H29N5O2S. The minimum absolute atomic E-state index is 0.00113. The molecule has 1 aliphatic heterocycles. The SMILES string of the molecule is CN=C(NCCN1C(=O)C2C3C=CC(C3)C2C1=O)NCc1csc(C(C)(C)C)n1. The highest BCUT2D eigenvalue weighted by molar-refractivity contribution is 7.09. The number of fused-ring (bicyclic) bond motifs is 5. The minimum atomic E-state index is -0.128. The molecule has 156 valence electrons. The summed E-state index contributed by atoms with van der Waals surface area (Å²) in [7, 11) is 1.71. The number of carbonyl (C=O) groups is 2. The number of aliphatic imine (C=N–C) groups is 1. The van der Waals surface area contributed by atoms with Crippen molar-refractivity contribution >= 4 is 29.1 Å². The molecule has 1 aromatic heterocycles. The van der Waals surface area contributed by atoms with Crippen LogP contribution in [0.1, 0.15) is 37.9 Å². The number of hydrogen-bond donors (Lipinski definition) is 2. The van der Waals surface area contributed by atoms with E-state index >= 15 is 0 Å². The van der Waals surface area contributed by atoms with Gasteiger partial charge < -0.3 is 10.6 Å². The predicted octanol–water partition coefficient (Wildman–Crippen LogP) is 1.91. The van der Waals surface area contributed by atoms with Gasteiger partial charge in [0.1, 0.15) is 0 Å².